The van der Waals surface area contributed by atoms with Crippen molar-refractivity contribution in [2.45, 2.75) is 51.4 Å². The Morgan fingerprint density at radius 2 is 0.940 bits per heavy atom. The molecule has 2 fully saturated rings. The molecule has 8 nitrogen and oxygen atoms in total. The molecule has 0 radical (unpaired) electrons. The molecular formula is C38H36N4O4S4. The van der Waals surface area contributed by atoms with Crippen LogP contribution in [0, 0.1) is 0 Å². The van der Waals surface area contributed by atoms with E-state index in [1.807, 2.05) is 84.9 Å². The fourth-order valence-corrected chi connectivity index (χ4v) is 8.79. The molecule has 0 bridgehead atoms. The lowest BCUT2D eigenvalue weighted by molar-refractivity contribution is -0.124. The van der Waals surface area contributed by atoms with Crippen LogP contribution in [0.1, 0.15) is 51.4 Å². The van der Waals surface area contributed by atoms with E-state index in [0.717, 1.165) is 69.3 Å². The lowest BCUT2D eigenvalue weighted by Gasteiger charge is -2.15. The molecule has 4 aromatic carbocycles. The van der Waals surface area contributed by atoms with E-state index in [0.29, 0.717) is 70.1 Å². The van der Waals surface area contributed by atoms with Crippen LogP contribution in [0.25, 0.3) is 21.5 Å². The molecule has 12 heteroatoms. The van der Waals surface area contributed by atoms with E-state index in [-0.39, 0.29) is 23.6 Å². The predicted octanol–water partition coefficient (Wildman–Crippen LogP) is 8.62. The maximum absolute atomic E-state index is 13.3. The van der Waals surface area contributed by atoms with Gasteiger partial charge < -0.3 is 10.6 Å². The maximum atomic E-state index is 13.3. The Morgan fingerprint density at radius 3 is 1.38 bits per heavy atom. The highest BCUT2D eigenvalue weighted by atomic mass is 32.2. The van der Waals surface area contributed by atoms with Crippen molar-refractivity contribution in [3.8, 4) is 0 Å². The number of rotatable bonds is 14. The average molecular weight is 741 g/mol. The number of unbranched alkanes of at least 4 members (excludes halogenated alkanes) is 4. The summed E-state index contributed by atoms with van der Waals surface area (Å²) >= 11 is 13.3. The van der Waals surface area contributed by atoms with Crippen LogP contribution in [0.3, 0.4) is 0 Å². The van der Waals surface area contributed by atoms with Crippen molar-refractivity contribution in [3.63, 3.8) is 0 Å². The van der Waals surface area contributed by atoms with Crippen LogP contribution in [0.15, 0.2) is 94.7 Å². The second-order valence-electron chi connectivity index (χ2n) is 12.1. The van der Waals surface area contributed by atoms with Crippen LogP contribution in [-0.4, -0.2) is 55.2 Å². The molecule has 0 aliphatic carbocycles. The standard InChI is InChI=1S/C38H36N4O4S4/c43-31(39-29-19-11-15-25-13-5-7-17-27(25)29)21-3-1-9-23-41-35(45)33(49-37(41)47)34-36(46)42(38(48)50-34)24-10-2-4-22-32(44)40-30-20-12-16-26-14-6-8-18-28(26)30/h5-8,11-20H,1-4,9-10,21-24H2,(H,39,43)(H,40,44)/b34-33+. The van der Waals surface area contributed by atoms with Gasteiger partial charge in [0.2, 0.25) is 11.8 Å². The van der Waals surface area contributed by atoms with Crippen molar-refractivity contribution in [2.24, 2.45) is 0 Å². The number of carbonyl (C=O) groups is 4. The first-order chi connectivity index (χ1) is 24.3. The second-order valence-corrected chi connectivity index (χ2v) is 15.4. The van der Waals surface area contributed by atoms with E-state index < -0.39 is 0 Å². The van der Waals surface area contributed by atoms with Gasteiger partial charge in [0.05, 0.1) is 9.81 Å². The number of carbonyl (C=O) groups excluding carboxylic acids is 4. The first kappa shape index (κ1) is 35.7. The number of hydrogen-bond acceptors (Lipinski definition) is 8. The van der Waals surface area contributed by atoms with Gasteiger partial charge in [0.15, 0.2) is 0 Å². The Balaban J connectivity index is 0.914. The number of nitrogens with one attached hydrogen (secondary N) is 2. The van der Waals surface area contributed by atoms with Gasteiger partial charge in [-0.15, -0.1) is 0 Å². The summed E-state index contributed by atoms with van der Waals surface area (Å²) in [7, 11) is 0. The Kier molecular flexibility index (Phi) is 12.0. The SMILES string of the molecule is O=C(CCCCCN1C(=O)/C(=C2\SC(=S)N(CCCCCC(=O)Nc3cccc4ccccc34)C2=O)SC1=S)Nc1cccc2ccccc12. The van der Waals surface area contributed by atoms with Crippen molar-refractivity contribution < 1.29 is 19.2 Å². The molecule has 2 saturated heterocycles. The van der Waals surface area contributed by atoms with Gasteiger partial charge >= 0.3 is 0 Å². The van der Waals surface area contributed by atoms with E-state index >= 15 is 0 Å². The number of amides is 4. The van der Waals surface area contributed by atoms with E-state index in [9.17, 15) is 19.2 Å². The van der Waals surface area contributed by atoms with Gasteiger partial charge in [-0.05, 0) is 48.6 Å². The Morgan fingerprint density at radius 1 is 0.540 bits per heavy atom. The molecular weight excluding hydrogens is 705 g/mol. The summed E-state index contributed by atoms with van der Waals surface area (Å²) in [4.78, 5) is 55.6. The number of thiocarbonyl (C=S) groups is 2. The molecule has 0 unspecified atom stereocenters. The fraction of sp³-hybridized carbons (Fsp3) is 0.263. The molecule has 2 N–H and O–H groups in total. The highest BCUT2D eigenvalue weighted by Gasteiger charge is 2.41. The van der Waals surface area contributed by atoms with Crippen LogP contribution in [-0.2, 0) is 19.2 Å². The highest BCUT2D eigenvalue weighted by molar-refractivity contribution is 8.29. The summed E-state index contributed by atoms with van der Waals surface area (Å²) in [5.74, 6) is -0.634. The number of benzene rings is 4. The molecule has 50 heavy (non-hydrogen) atoms. The summed E-state index contributed by atoms with van der Waals surface area (Å²) in [5, 5.41) is 10.2. The van der Waals surface area contributed by atoms with E-state index in [2.05, 4.69) is 10.6 Å². The fourth-order valence-electron chi connectivity index (χ4n) is 6.01. The van der Waals surface area contributed by atoms with Crippen molar-refractivity contribution >= 4 is 113 Å². The van der Waals surface area contributed by atoms with Gasteiger partial charge in [-0.3, -0.25) is 29.0 Å². The summed E-state index contributed by atoms with van der Waals surface area (Å²) in [5.41, 5.74) is 1.60. The van der Waals surface area contributed by atoms with Crippen LogP contribution in [0.2, 0.25) is 0 Å². The third-order valence-electron chi connectivity index (χ3n) is 8.60. The zero-order chi connectivity index (χ0) is 35.0. The summed E-state index contributed by atoms with van der Waals surface area (Å²) < 4.78 is 0.844. The molecule has 0 aromatic heterocycles. The Labute approximate surface area is 310 Å². The summed E-state index contributed by atoms with van der Waals surface area (Å²) in [6.07, 6.45) is 4.98. The second kappa shape index (κ2) is 16.7. The van der Waals surface area contributed by atoms with Crippen LogP contribution < -0.4 is 10.6 Å². The minimum absolute atomic E-state index is 0.0450. The van der Waals surface area contributed by atoms with Crippen LogP contribution in [0.5, 0.6) is 0 Å². The molecule has 2 heterocycles. The van der Waals surface area contributed by atoms with E-state index in [1.165, 1.54) is 0 Å². The van der Waals surface area contributed by atoms with Crippen molar-refractivity contribution in [1.82, 2.24) is 9.80 Å². The topological polar surface area (TPSA) is 98.8 Å². The minimum atomic E-state index is -0.272. The smallest absolute Gasteiger partial charge is 0.267 e. The molecule has 2 aliphatic heterocycles. The number of thioether (sulfide) groups is 2. The van der Waals surface area contributed by atoms with Gasteiger partial charge in [0.1, 0.15) is 8.64 Å². The third kappa shape index (κ3) is 8.43. The molecule has 4 amide bonds. The van der Waals surface area contributed by atoms with Gasteiger partial charge in [0, 0.05) is 48.1 Å². The normalized spacial score (nSPS) is 16.2. The molecule has 256 valence electrons. The number of fused-ring (bicyclic) bond motifs is 2. The third-order valence-corrected chi connectivity index (χ3v) is 11.6. The first-order valence-corrected chi connectivity index (χ1v) is 19.1. The predicted molar refractivity (Wildman–Crippen MR) is 213 cm³/mol. The quantitative estimate of drug-likeness (QED) is 0.0754. The highest BCUT2D eigenvalue weighted by Crippen LogP contribution is 2.42. The van der Waals surface area contributed by atoms with Gasteiger partial charge in [-0.25, -0.2) is 0 Å². The molecule has 2 aliphatic rings. The number of nitrogens with zero attached hydrogens (tertiary/aromatic N) is 2. The molecule has 0 saturated carbocycles. The van der Waals surface area contributed by atoms with Gasteiger partial charge in [-0.2, -0.15) is 0 Å². The average Bonchev–Trinajstić information content (AvgIpc) is 3.56. The molecule has 0 spiro atoms. The summed E-state index contributed by atoms with van der Waals surface area (Å²) in [6.45, 7) is 0.848. The van der Waals surface area contributed by atoms with Crippen LogP contribution >= 0.6 is 48.0 Å². The molecule has 0 atom stereocenters. The summed E-state index contributed by atoms with van der Waals surface area (Å²) in [6, 6.07) is 27.6. The monoisotopic (exact) mass is 740 g/mol. The minimum Gasteiger partial charge on any atom is -0.326 e. The van der Waals surface area contributed by atoms with Crippen LogP contribution in [0.4, 0.5) is 11.4 Å². The van der Waals surface area contributed by atoms with Gasteiger partial charge in [-0.1, -0.05) is 134 Å². The molecule has 4 aromatic rings. The first-order valence-electron chi connectivity index (χ1n) is 16.7. The number of anilines is 2. The Hall–Kier alpha value is -4.10. The van der Waals surface area contributed by atoms with E-state index in [4.69, 9.17) is 24.4 Å². The largest absolute Gasteiger partial charge is 0.326 e. The van der Waals surface area contributed by atoms with Gasteiger partial charge in [0.25, 0.3) is 11.8 Å². The van der Waals surface area contributed by atoms with E-state index in [1.54, 1.807) is 9.80 Å². The zero-order valence-corrected chi connectivity index (χ0v) is 30.6. The van der Waals surface area contributed by atoms with Crippen molar-refractivity contribution in [3.05, 3.63) is 94.7 Å². The number of hydrogen-bond donors (Lipinski definition) is 2. The lowest BCUT2D eigenvalue weighted by atomic mass is 10.1. The maximum Gasteiger partial charge on any atom is 0.267 e. The Bertz CT molecular complexity index is 1880. The lowest BCUT2D eigenvalue weighted by Crippen LogP contribution is -2.31. The molecule has 6 rings (SSSR count). The zero-order valence-electron chi connectivity index (χ0n) is 27.3. The van der Waals surface area contributed by atoms with Crippen molar-refractivity contribution in [2.75, 3.05) is 23.7 Å². The van der Waals surface area contributed by atoms with Crippen molar-refractivity contribution in [1.29, 1.82) is 0 Å².